The second-order valence-electron chi connectivity index (χ2n) is 5.97. The molecule has 0 unspecified atom stereocenters. The number of halogens is 1. The van der Waals surface area contributed by atoms with E-state index in [9.17, 15) is 0 Å². The van der Waals surface area contributed by atoms with Crippen molar-refractivity contribution in [3.05, 3.63) is 65.7 Å². The van der Waals surface area contributed by atoms with Crippen LogP contribution in [0, 0.1) is 0 Å². The summed E-state index contributed by atoms with van der Waals surface area (Å²) in [6.45, 7) is 4.64. The van der Waals surface area contributed by atoms with Gasteiger partial charge in [0.1, 0.15) is 11.2 Å². The normalized spacial score (nSPS) is 11.7. The smallest absolute Gasteiger partial charge is 0.143 e. The molecule has 0 saturated carbocycles. The Bertz CT molecular complexity index is 1020. The Hall–Kier alpha value is -2.03. The maximum absolute atomic E-state index is 6.18. The highest BCUT2D eigenvalue weighted by Crippen LogP contribution is 2.36. The van der Waals surface area contributed by atoms with E-state index >= 15 is 0 Å². The van der Waals surface area contributed by atoms with Crippen molar-refractivity contribution in [3.63, 3.8) is 0 Å². The Labute approximate surface area is 142 Å². The summed E-state index contributed by atoms with van der Waals surface area (Å²) in [5.41, 5.74) is 4.27. The highest BCUT2D eigenvalue weighted by atomic mass is 35.5. The first-order chi connectivity index (χ1) is 11.1. The van der Waals surface area contributed by atoms with E-state index in [0.29, 0.717) is 0 Å². The Morgan fingerprint density at radius 1 is 0.826 bits per heavy atom. The third kappa shape index (κ3) is 2.39. The van der Waals surface area contributed by atoms with Gasteiger partial charge in [0.25, 0.3) is 0 Å². The summed E-state index contributed by atoms with van der Waals surface area (Å²) >= 11 is 6.16. The third-order valence-corrected chi connectivity index (χ3v) is 5.96. The van der Waals surface area contributed by atoms with E-state index in [0.717, 1.165) is 32.5 Å². The van der Waals surface area contributed by atoms with Gasteiger partial charge in [-0.05, 0) is 23.8 Å². The highest BCUT2D eigenvalue weighted by Gasteiger charge is 2.15. The molecule has 0 aliphatic heterocycles. The summed E-state index contributed by atoms with van der Waals surface area (Å²) in [4.78, 5) is 0. The minimum atomic E-state index is -0.556. The van der Waals surface area contributed by atoms with Gasteiger partial charge in [-0.3, -0.25) is 0 Å². The second kappa shape index (κ2) is 5.55. The fourth-order valence-electron chi connectivity index (χ4n) is 3.14. The van der Waals surface area contributed by atoms with Crippen molar-refractivity contribution in [2.45, 2.75) is 13.1 Å². The van der Waals surface area contributed by atoms with Gasteiger partial charge >= 0.3 is 0 Å². The molecule has 0 aliphatic rings. The van der Waals surface area contributed by atoms with E-state index in [4.69, 9.17) is 16.0 Å². The number of hydrogen-bond donors (Lipinski definition) is 0. The number of furan rings is 1. The molecule has 0 atom stereocenters. The largest absolute Gasteiger partial charge is 0.455 e. The Morgan fingerprint density at radius 3 is 2.43 bits per heavy atom. The summed E-state index contributed by atoms with van der Waals surface area (Å²) in [6, 6.07) is 20.8. The molecule has 3 heteroatoms. The zero-order chi connectivity index (χ0) is 16.0. The van der Waals surface area contributed by atoms with Crippen LogP contribution >= 0.6 is 11.6 Å². The van der Waals surface area contributed by atoms with Gasteiger partial charge in [-0.1, -0.05) is 72.3 Å². The van der Waals surface area contributed by atoms with Gasteiger partial charge in [0.2, 0.25) is 0 Å². The van der Waals surface area contributed by atoms with Crippen molar-refractivity contribution >= 4 is 47.5 Å². The predicted octanol–water partition coefficient (Wildman–Crippen LogP) is 5.87. The molecule has 1 aromatic heterocycles. The highest BCUT2D eigenvalue weighted by molar-refractivity contribution is 6.72. The maximum Gasteiger partial charge on any atom is 0.143 e. The van der Waals surface area contributed by atoms with E-state index in [1.54, 1.807) is 0 Å². The van der Waals surface area contributed by atoms with Crippen LogP contribution < -0.4 is 5.19 Å². The van der Waals surface area contributed by atoms with Crippen LogP contribution in [0.4, 0.5) is 0 Å². The fraction of sp³-hybridized carbons (Fsp3) is 0.100. The molecule has 0 aliphatic carbocycles. The number of hydrogen-bond acceptors (Lipinski definition) is 1. The van der Waals surface area contributed by atoms with Gasteiger partial charge in [-0.2, -0.15) is 0 Å². The van der Waals surface area contributed by atoms with Gasteiger partial charge in [-0.15, -0.1) is 0 Å². The lowest BCUT2D eigenvalue weighted by atomic mass is 10.0. The third-order valence-electron chi connectivity index (χ3n) is 4.21. The van der Waals surface area contributed by atoms with E-state index in [-0.39, 0.29) is 0 Å². The summed E-state index contributed by atoms with van der Waals surface area (Å²) in [5, 5.41) is 4.36. The molecule has 1 radical (unpaired) electrons. The standard InChI is InChI=1S/C20H16ClOSi/c1-23(2)19-9-4-3-6-14(19)15-7-5-8-16-17-12-13(21)10-11-18(17)22-20(15)16/h3-12H,1-2H3. The van der Waals surface area contributed by atoms with Crippen molar-refractivity contribution < 1.29 is 4.42 Å². The van der Waals surface area contributed by atoms with Crippen LogP contribution in [0.2, 0.25) is 18.1 Å². The molecule has 0 fully saturated rings. The topological polar surface area (TPSA) is 13.1 Å². The Kier molecular flexibility index (Phi) is 3.51. The molecule has 113 valence electrons. The second-order valence-corrected chi connectivity index (χ2v) is 8.95. The first-order valence-corrected chi connectivity index (χ1v) is 10.5. The zero-order valence-electron chi connectivity index (χ0n) is 13.1. The van der Waals surface area contributed by atoms with Crippen LogP contribution in [0.5, 0.6) is 0 Å². The molecule has 1 nitrogen and oxygen atoms in total. The number of fused-ring (bicyclic) bond motifs is 3. The number of benzene rings is 3. The zero-order valence-corrected chi connectivity index (χ0v) is 14.8. The molecule has 0 amide bonds. The summed E-state index contributed by atoms with van der Waals surface area (Å²) in [7, 11) is -0.556. The molecule has 4 aromatic rings. The number of para-hydroxylation sites is 1. The number of rotatable bonds is 2. The summed E-state index contributed by atoms with van der Waals surface area (Å²) < 4.78 is 6.18. The quantitative estimate of drug-likeness (QED) is 0.418. The molecular formula is C20H16ClOSi. The Balaban J connectivity index is 2.07. The first kappa shape index (κ1) is 14.6. The van der Waals surface area contributed by atoms with Gasteiger partial charge in [0, 0.05) is 21.4 Å². The minimum absolute atomic E-state index is 0.556. The van der Waals surface area contributed by atoms with Gasteiger partial charge in [0.15, 0.2) is 0 Å². The summed E-state index contributed by atoms with van der Waals surface area (Å²) in [5.74, 6) is 0. The van der Waals surface area contributed by atoms with Crippen molar-refractivity contribution in [2.75, 3.05) is 0 Å². The van der Waals surface area contributed by atoms with E-state index in [2.05, 4.69) is 55.6 Å². The van der Waals surface area contributed by atoms with Crippen LogP contribution in [-0.4, -0.2) is 8.80 Å². The summed E-state index contributed by atoms with van der Waals surface area (Å²) in [6.07, 6.45) is 0. The lowest BCUT2D eigenvalue weighted by molar-refractivity contribution is 0.670. The lowest BCUT2D eigenvalue weighted by Crippen LogP contribution is -2.24. The fourth-order valence-corrected chi connectivity index (χ4v) is 4.50. The molecule has 0 N–H and O–H groups in total. The van der Waals surface area contributed by atoms with Crippen molar-refractivity contribution in [1.82, 2.24) is 0 Å². The van der Waals surface area contributed by atoms with Gasteiger partial charge in [-0.25, -0.2) is 0 Å². The van der Waals surface area contributed by atoms with Crippen LogP contribution in [0.1, 0.15) is 0 Å². The van der Waals surface area contributed by atoms with Crippen molar-refractivity contribution in [1.29, 1.82) is 0 Å². The van der Waals surface area contributed by atoms with E-state index in [1.165, 1.54) is 10.8 Å². The predicted molar refractivity (Wildman–Crippen MR) is 101 cm³/mol. The minimum Gasteiger partial charge on any atom is -0.455 e. The molecule has 0 saturated heterocycles. The first-order valence-electron chi connectivity index (χ1n) is 7.66. The maximum atomic E-state index is 6.18. The van der Waals surface area contributed by atoms with Crippen LogP contribution in [-0.2, 0) is 0 Å². The molecule has 3 aromatic carbocycles. The monoisotopic (exact) mass is 335 g/mol. The Morgan fingerprint density at radius 2 is 1.61 bits per heavy atom. The average Bonchev–Trinajstić information content (AvgIpc) is 2.92. The van der Waals surface area contributed by atoms with Crippen molar-refractivity contribution in [3.8, 4) is 11.1 Å². The molecule has 1 heterocycles. The molecule has 23 heavy (non-hydrogen) atoms. The van der Waals surface area contributed by atoms with Crippen LogP contribution in [0.15, 0.2) is 65.1 Å². The SMILES string of the molecule is C[Si](C)c1ccccc1-c1cccc2c1oc1ccc(Cl)cc12. The van der Waals surface area contributed by atoms with Crippen LogP contribution in [0.25, 0.3) is 33.1 Å². The molecule has 0 bridgehead atoms. The van der Waals surface area contributed by atoms with Crippen molar-refractivity contribution in [2.24, 2.45) is 0 Å². The van der Waals surface area contributed by atoms with Gasteiger partial charge in [0.05, 0.1) is 8.80 Å². The van der Waals surface area contributed by atoms with E-state index < -0.39 is 8.80 Å². The van der Waals surface area contributed by atoms with Gasteiger partial charge < -0.3 is 4.42 Å². The molecule has 4 rings (SSSR count). The molecule has 0 spiro atoms. The molecular weight excluding hydrogens is 320 g/mol. The lowest BCUT2D eigenvalue weighted by Gasteiger charge is -2.12. The van der Waals surface area contributed by atoms with Crippen LogP contribution in [0.3, 0.4) is 0 Å². The van der Waals surface area contributed by atoms with E-state index in [1.807, 2.05) is 18.2 Å². The average molecular weight is 336 g/mol.